The van der Waals surface area contributed by atoms with E-state index in [1.807, 2.05) is 0 Å². The molecular formula is C9H14N2O4. The molecule has 6 nitrogen and oxygen atoms in total. The van der Waals surface area contributed by atoms with Crippen molar-refractivity contribution in [3.05, 3.63) is 0 Å². The number of hydrogen-bond donors (Lipinski definition) is 2. The van der Waals surface area contributed by atoms with Crippen molar-refractivity contribution in [1.29, 1.82) is 0 Å². The van der Waals surface area contributed by atoms with Gasteiger partial charge in [0.1, 0.15) is 12.1 Å². The number of ether oxygens (including phenoxy) is 1. The smallest absolute Gasteiger partial charge is 0.411 e. The molecule has 2 aliphatic heterocycles. The number of hydrogen-bond acceptors (Lipinski definition) is 4. The van der Waals surface area contributed by atoms with Crippen LogP contribution in [0.3, 0.4) is 0 Å². The summed E-state index contributed by atoms with van der Waals surface area (Å²) in [5.41, 5.74) is -0.495. The van der Waals surface area contributed by atoms with Crippen LogP contribution in [0.1, 0.15) is 12.8 Å². The Bertz CT molecular complexity index is 286. The lowest BCUT2D eigenvalue weighted by Gasteiger charge is -2.31. The normalized spacial score (nSPS) is 30.7. The van der Waals surface area contributed by atoms with Crippen molar-refractivity contribution in [1.82, 2.24) is 10.2 Å². The van der Waals surface area contributed by atoms with E-state index in [0.29, 0.717) is 13.1 Å². The highest BCUT2D eigenvalue weighted by Crippen LogP contribution is 2.28. The van der Waals surface area contributed by atoms with E-state index in [0.717, 1.165) is 19.4 Å². The van der Waals surface area contributed by atoms with E-state index in [1.54, 1.807) is 0 Å². The van der Waals surface area contributed by atoms with Gasteiger partial charge in [0.2, 0.25) is 0 Å². The van der Waals surface area contributed by atoms with Crippen LogP contribution in [0, 0.1) is 0 Å². The number of carboxylic acid groups (broad SMARTS) is 1. The third-order valence-corrected chi connectivity index (χ3v) is 2.80. The second kappa shape index (κ2) is 3.69. The third kappa shape index (κ3) is 2.04. The van der Waals surface area contributed by atoms with Crippen LogP contribution in [0.4, 0.5) is 4.79 Å². The number of carbonyl (C=O) groups is 2. The van der Waals surface area contributed by atoms with Gasteiger partial charge in [-0.05, 0) is 19.4 Å². The van der Waals surface area contributed by atoms with Crippen LogP contribution in [0.5, 0.6) is 0 Å². The molecule has 6 heteroatoms. The van der Waals surface area contributed by atoms with Crippen molar-refractivity contribution in [2.45, 2.75) is 18.4 Å². The van der Waals surface area contributed by atoms with E-state index in [9.17, 15) is 9.59 Å². The summed E-state index contributed by atoms with van der Waals surface area (Å²) in [6, 6.07) is 0. The summed E-state index contributed by atoms with van der Waals surface area (Å²) in [4.78, 5) is 23.1. The Labute approximate surface area is 87.2 Å². The summed E-state index contributed by atoms with van der Waals surface area (Å²) in [6.45, 7) is 1.65. The highest BCUT2D eigenvalue weighted by Gasteiger charge is 2.46. The monoisotopic (exact) mass is 214 g/mol. The average molecular weight is 214 g/mol. The van der Waals surface area contributed by atoms with Crippen molar-refractivity contribution < 1.29 is 19.4 Å². The maximum Gasteiger partial charge on any atom is 0.411 e. The number of piperidine rings is 1. The average Bonchev–Trinajstić information content (AvgIpc) is 2.43. The Balaban J connectivity index is 2.01. The van der Waals surface area contributed by atoms with Gasteiger partial charge in [-0.15, -0.1) is 0 Å². The largest absolute Gasteiger partial charge is 0.480 e. The van der Waals surface area contributed by atoms with E-state index >= 15 is 0 Å². The number of carboxylic acids is 1. The third-order valence-electron chi connectivity index (χ3n) is 2.80. The van der Waals surface area contributed by atoms with E-state index in [1.165, 1.54) is 4.90 Å². The van der Waals surface area contributed by atoms with Gasteiger partial charge in [-0.2, -0.15) is 0 Å². The summed E-state index contributed by atoms with van der Waals surface area (Å²) in [7, 11) is 0. The summed E-state index contributed by atoms with van der Waals surface area (Å²) < 4.78 is 5.26. The quantitative estimate of drug-likeness (QED) is 0.656. The van der Waals surface area contributed by atoms with Crippen molar-refractivity contribution in [2.75, 3.05) is 26.2 Å². The van der Waals surface area contributed by atoms with Gasteiger partial charge >= 0.3 is 12.1 Å². The van der Waals surface area contributed by atoms with Gasteiger partial charge in [-0.1, -0.05) is 0 Å². The van der Waals surface area contributed by atoms with Crippen molar-refractivity contribution in [2.24, 2.45) is 0 Å². The Kier molecular flexibility index (Phi) is 2.52. The van der Waals surface area contributed by atoms with Gasteiger partial charge in [0.25, 0.3) is 0 Å². The molecule has 0 saturated carbocycles. The Hall–Kier alpha value is -1.30. The minimum atomic E-state index is -1.01. The van der Waals surface area contributed by atoms with Gasteiger partial charge in [0.05, 0.1) is 6.54 Å². The summed E-state index contributed by atoms with van der Waals surface area (Å²) in [6.07, 6.45) is 1.25. The van der Waals surface area contributed by atoms with Crippen LogP contribution in [-0.2, 0) is 9.53 Å². The highest BCUT2D eigenvalue weighted by molar-refractivity contribution is 5.78. The molecule has 1 unspecified atom stereocenters. The number of nitrogens with one attached hydrogen (secondary N) is 1. The zero-order valence-electron chi connectivity index (χ0n) is 8.36. The first kappa shape index (κ1) is 10.2. The SMILES string of the molecule is O=C(O)CN1CC2(CCCNC2)OC1=O. The number of aliphatic carboxylic acids is 1. The lowest BCUT2D eigenvalue weighted by Crippen LogP contribution is -2.48. The van der Waals surface area contributed by atoms with Crippen LogP contribution in [0.2, 0.25) is 0 Å². The molecule has 2 fully saturated rings. The van der Waals surface area contributed by atoms with Crippen LogP contribution in [-0.4, -0.2) is 53.8 Å². The maximum atomic E-state index is 11.4. The highest BCUT2D eigenvalue weighted by atomic mass is 16.6. The summed E-state index contributed by atoms with van der Waals surface area (Å²) in [5.74, 6) is -1.01. The molecular weight excluding hydrogens is 200 g/mol. The molecule has 2 heterocycles. The second-order valence-electron chi connectivity index (χ2n) is 4.08. The molecule has 2 rings (SSSR count). The Morgan fingerprint density at radius 2 is 2.47 bits per heavy atom. The van der Waals surface area contributed by atoms with Crippen molar-refractivity contribution in [3.8, 4) is 0 Å². The van der Waals surface area contributed by atoms with Gasteiger partial charge in [-0.3, -0.25) is 9.69 Å². The van der Waals surface area contributed by atoms with Crippen LogP contribution < -0.4 is 5.32 Å². The molecule has 2 N–H and O–H groups in total. The molecule has 0 aromatic carbocycles. The number of rotatable bonds is 2. The molecule has 15 heavy (non-hydrogen) atoms. The molecule has 1 amide bonds. The molecule has 0 radical (unpaired) electrons. The number of nitrogens with zero attached hydrogens (tertiary/aromatic N) is 1. The van der Waals surface area contributed by atoms with Gasteiger partial charge in [0, 0.05) is 6.54 Å². The predicted molar refractivity (Wildman–Crippen MR) is 50.5 cm³/mol. The first-order valence-corrected chi connectivity index (χ1v) is 5.02. The van der Waals surface area contributed by atoms with Crippen LogP contribution in [0.25, 0.3) is 0 Å². The summed E-state index contributed by atoms with van der Waals surface area (Å²) in [5, 5.41) is 11.8. The fourth-order valence-electron chi connectivity index (χ4n) is 2.14. The fraction of sp³-hybridized carbons (Fsp3) is 0.778. The van der Waals surface area contributed by atoms with E-state index < -0.39 is 17.7 Å². The zero-order chi connectivity index (χ0) is 10.9. The first-order valence-electron chi connectivity index (χ1n) is 5.02. The molecule has 1 atom stereocenters. The predicted octanol–water partition coefficient (Wildman–Crippen LogP) is -0.355. The topological polar surface area (TPSA) is 78.9 Å². The summed E-state index contributed by atoms with van der Waals surface area (Å²) >= 11 is 0. The Morgan fingerprint density at radius 3 is 3.07 bits per heavy atom. The maximum absolute atomic E-state index is 11.4. The van der Waals surface area contributed by atoms with Gasteiger partial charge in [-0.25, -0.2) is 4.79 Å². The Morgan fingerprint density at radius 1 is 1.67 bits per heavy atom. The zero-order valence-corrected chi connectivity index (χ0v) is 8.36. The second-order valence-corrected chi connectivity index (χ2v) is 4.08. The molecule has 1 spiro atoms. The van der Waals surface area contributed by atoms with E-state index in [-0.39, 0.29) is 6.54 Å². The fourth-order valence-corrected chi connectivity index (χ4v) is 2.14. The molecule has 2 aliphatic rings. The standard InChI is InChI=1S/C9H14N2O4/c12-7(13)4-11-6-9(15-8(11)14)2-1-3-10-5-9/h10H,1-6H2,(H,12,13). The van der Waals surface area contributed by atoms with E-state index in [4.69, 9.17) is 9.84 Å². The molecule has 0 aromatic heterocycles. The number of carbonyl (C=O) groups excluding carboxylic acids is 1. The molecule has 0 bridgehead atoms. The lowest BCUT2D eigenvalue weighted by atomic mass is 9.94. The van der Waals surface area contributed by atoms with Crippen molar-refractivity contribution >= 4 is 12.1 Å². The lowest BCUT2D eigenvalue weighted by molar-refractivity contribution is -0.137. The molecule has 0 aromatic rings. The molecule has 2 saturated heterocycles. The van der Waals surface area contributed by atoms with Crippen LogP contribution in [0.15, 0.2) is 0 Å². The van der Waals surface area contributed by atoms with Crippen molar-refractivity contribution in [3.63, 3.8) is 0 Å². The van der Waals surface area contributed by atoms with Gasteiger partial charge in [0.15, 0.2) is 0 Å². The molecule has 0 aliphatic carbocycles. The van der Waals surface area contributed by atoms with Crippen LogP contribution >= 0.6 is 0 Å². The molecule has 84 valence electrons. The minimum Gasteiger partial charge on any atom is -0.480 e. The number of amides is 1. The minimum absolute atomic E-state index is 0.277. The van der Waals surface area contributed by atoms with Gasteiger partial charge < -0.3 is 15.2 Å². The van der Waals surface area contributed by atoms with E-state index in [2.05, 4.69) is 5.32 Å². The first-order chi connectivity index (χ1) is 7.11.